The van der Waals surface area contributed by atoms with Crippen LogP contribution in [-0.4, -0.2) is 17.0 Å². The lowest BCUT2D eigenvalue weighted by atomic mass is 10.3. The zero-order valence-electron chi connectivity index (χ0n) is 10.1. The number of nitrogens with two attached hydrogens (primary N) is 1. The molecule has 3 aromatic heterocycles. The van der Waals surface area contributed by atoms with Crippen molar-refractivity contribution in [2.45, 2.75) is 6.54 Å². The van der Waals surface area contributed by atoms with E-state index in [0.29, 0.717) is 5.95 Å². The number of nitrogens with zero attached hydrogens (tertiary/aromatic N) is 3. The molecule has 0 atom stereocenters. The van der Waals surface area contributed by atoms with Crippen LogP contribution in [-0.2, 0) is 6.54 Å². The van der Waals surface area contributed by atoms with Gasteiger partial charge < -0.3 is 10.6 Å². The first-order valence-electron chi connectivity index (χ1n) is 5.59. The minimum atomic E-state index is 0.306. The normalized spacial score (nSPS) is 11.1. The SMILES string of the molecule is CN(Cc1ccc(Cl)s1)c1nc(N)nc2sccc12. The van der Waals surface area contributed by atoms with Gasteiger partial charge in [-0.05, 0) is 23.6 Å². The molecule has 3 heterocycles. The van der Waals surface area contributed by atoms with Crippen LogP contribution in [0.25, 0.3) is 10.2 Å². The molecule has 0 saturated carbocycles. The Morgan fingerprint density at radius 1 is 1.32 bits per heavy atom. The van der Waals surface area contributed by atoms with Gasteiger partial charge in [0, 0.05) is 11.9 Å². The highest BCUT2D eigenvalue weighted by Gasteiger charge is 2.12. The van der Waals surface area contributed by atoms with Gasteiger partial charge in [-0.1, -0.05) is 11.6 Å². The second-order valence-electron chi connectivity index (χ2n) is 4.11. The zero-order chi connectivity index (χ0) is 13.4. The summed E-state index contributed by atoms with van der Waals surface area (Å²) in [5.74, 6) is 1.16. The van der Waals surface area contributed by atoms with Crippen LogP contribution < -0.4 is 10.6 Å². The minimum Gasteiger partial charge on any atom is -0.368 e. The number of nitrogen functional groups attached to an aromatic ring is 1. The van der Waals surface area contributed by atoms with Crippen molar-refractivity contribution in [1.29, 1.82) is 0 Å². The molecule has 98 valence electrons. The molecule has 0 fully saturated rings. The van der Waals surface area contributed by atoms with Crippen molar-refractivity contribution in [2.24, 2.45) is 0 Å². The van der Waals surface area contributed by atoms with Gasteiger partial charge in [-0.3, -0.25) is 0 Å². The summed E-state index contributed by atoms with van der Waals surface area (Å²) in [6.45, 7) is 0.749. The Morgan fingerprint density at radius 2 is 2.16 bits per heavy atom. The van der Waals surface area contributed by atoms with Crippen LogP contribution in [0.5, 0.6) is 0 Å². The molecule has 4 nitrogen and oxygen atoms in total. The largest absolute Gasteiger partial charge is 0.368 e. The molecule has 0 saturated heterocycles. The van der Waals surface area contributed by atoms with E-state index in [-0.39, 0.29) is 0 Å². The van der Waals surface area contributed by atoms with E-state index in [2.05, 4.69) is 14.9 Å². The lowest BCUT2D eigenvalue weighted by molar-refractivity contribution is 0.918. The van der Waals surface area contributed by atoms with E-state index >= 15 is 0 Å². The summed E-state index contributed by atoms with van der Waals surface area (Å²) in [5, 5.41) is 3.03. The molecule has 0 aromatic carbocycles. The van der Waals surface area contributed by atoms with E-state index in [9.17, 15) is 0 Å². The number of hydrogen-bond donors (Lipinski definition) is 1. The maximum Gasteiger partial charge on any atom is 0.223 e. The van der Waals surface area contributed by atoms with Gasteiger partial charge in [-0.15, -0.1) is 22.7 Å². The highest BCUT2D eigenvalue weighted by atomic mass is 35.5. The number of anilines is 2. The average molecular weight is 311 g/mol. The van der Waals surface area contributed by atoms with Crippen molar-refractivity contribution in [3.8, 4) is 0 Å². The summed E-state index contributed by atoms with van der Waals surface area (Å²) in [5.41, 5.74) is 5.76. The number of aromatic nitrogens is 2. The van der Waals surface area contributed by atoms with Gasteiger partial charge >= 0.3 is 0 Å². The monoisotopic (exact) mass is 310 g/mol. The van der Waals surface area contributed by atoms with E-state index in [0.717, 1.165) is 26.9 Å². The number of thiophene rings is 2. The van der Waals surface area contributed by atoms with Crippen molar-refractivity contribution in [3.63, 3.8) is 0 Å². The molecular weight excluding hydrogens is 300 g/mol. The Morgan fingerprint density at radius 3 is 2.89 bits per heavy atom. The van der Waals surface area contributed by atoms with Gasteiger partial charge in [0.1, 0.15) is 10.6 Å². The lowest BCUT2D eigenvalue weighted by Crippen LogP contribution is -2.18. The third kappa shape index (κ3) is 2.51. The summed E-state index contributed by atoms with van der Waals surface area (Å²) in [6, 6.07) is 5.95. The summed E-state index contributed by atoms with van der Waals surface area (Å²) >= 11 is 9.09. The van der Waals surface area contributed by atoms with E-state index in [4.69, 9.17) is 17.3 Å². The third-order valence-corrected chi connectivity index (χ3v) is 4.73. The average Bonchev–Trinajstić information content (AvgIpc) is 2.96. The predicted molar refractivity (Wildman–Crippen MR) is 83.3 cm³/mol. The molecule has 0 spiro atoms. The fourth-order valence-corrected chi connectivity index (χ4v) is 3.80. The van der Waals surface area contributed by atoms with Crippen LogP contribution in [0.15, 0.2) is 23.6 Å². The molecule has 0 aliphatic rings. The highest BCUT2D eigenvalue weighted by Crippen LogP contribution is 2.30. The molecule has 0 unspecified atom stereocenters. The first kappa shape index (κ1) is 12.7. The molecular formula is C12H11ClN4S2. The van der Waals surface area contributed by atoms with E-state index in [1.165, 1.54) is 4.88 Å². The summed E-state index contributed by atoms with van der Waals surface area (Å²) in [7, 11) is 1.99. The van der Waals surface area contributed by atoms with Gasteiger partial charge in [-0.2, -0.15) is 4.98 Å². The van der Waals surface area contributed by atoms with Crippen molar-refractivity contribution in [2.75, 3.05) is 17.7 Å². The van der Waals surface area contributed by atoms with Crippen LogP contribution in [0.3, 0.4) is 0 Å². The standard InChI is InChI=1S/C12H11ClN4S2/c1-17(6-7-2-3-9(13)19-7)10-8-4-5-18-11(8)16-12(14)15-10/h2-5H,6H2,1H3,(H2,14,15,16). The first-order valence-corrected chi connectivity index (χ1v) is 7.67. The van der Waals surface area contributed by atoms with E-state index < -0.39 is 0 Å². The molecule has 0 aliphatic heterocycles. The van der Waals surface area contributed by atoms with Crippen LogP contribution in [0.4, 0.5) is 11.8 Å². The van der Waals surface area contributed by atoms with Gasteiger partial charge in [0.05, 0.1) is 16.3 Å². The highest BCUT2D eigenvalue weighted by molar-refractivity contribution is 7.17. The molecule has 0 amide bonds. The van der Waals surface area contributed by atoms with E-state index in [1.54, 1.807) is 22.7 Å². The van der Waals surface area contributed by atoms with E-state index in [1.807, 2.05) is 30.6 Å². The number of hydrogen-bond acceptors (Lipinski definition) is 6. The van der Waals surface area contributed by atoms with Gasteiger partial charge in [0.2, 0.25) is 5.95 Å². The molecule has 2 N–H and O–H groups in total. The molecule has 0 bridgehead atoms. The quantitative estimate of drug-likeness (QED) is 0.802. The lowest BCUT2D eigenvalue weighted by Gasteiger charge is -2.18. The van der Waals surface area contributed by atoms with Gasteiger partial charge in [0.15, 0.2) is 0 Å². The van der Waals surface area contributed by atoms with Gasteiger partial charge in [0.25, 0.3) is 0 Å². The predicted octanol–water partition coefficient (Wildman–Crippen LogP) is 3.62. The molecule has 3 aromatic rings. The minimum absolute atomic E-state index is 0.306. The Balaban J connectivity index is 1.96. The van der Waals surface area contributed by atoms with Crippen molar-refractivity contribution >= 4 is 56.3 Å². The van der Waals surface area contributed by atoms with Gasteiger partial charge in [-0.25, -0.2) is 4.98 Å². The topological polar surface area (TPSA) is 55.0 Å². The van der Waals surface area contributed by atoms with Crippen molar-refractivity contribution < 1.29 is 0 Å². The summed E-state index contributed by atoms with van der Waals surface area (Å²) in [4.78, 5) is 12.7. The Kier molecular flexibility index (Phi) is 3.30. The Bertz CT molecular complexity index is 721. The summed E-state index contributed by atoms with van der Waals surface area (Å²) < 4.78 is 0.797. The fraction of sp³-hybridized carbons (Fsp3) is 0.167. The van der Waals surface area contributed by atoms with Crippen LogP contribution in [0, 0.1) is 0 Å². The number of rotatable bonds is 3. The smallest absolute Gasteiger partial charge is 0.223 e. The van der Waals surface area contributed by atoms with Crippen molar-refractivity contribution in [1.82, 2.24) is 9.97 Å². The zero-order valence-corrected chi connectivity index (χ0v) is 12.5. The molecule has 19 heavy (non-hydrogen) atoms. The van der Waals surface area contributed by atoms with Crippen LogP contribution >= 0.6 is 34.3 Å². The Labute approximate surface area is 123 Å². The summed E-state index contributed by atoms with van der Waals surface area (Å²) in [6.07, 6.45) is 0. The van der Waals surface area contributed by atoms with Crippen molar-refractivity contribution in [3.05, 3.63) is 32.8 Å². The molecule has 3 rings (SSSR count). The second kappa shape index (κ2) is 4.96. The maximum atomic E-state index is 5.95. The van der Waals surface area contributed by atoms with Crippen LogP contribution in [0.2, 0.25) is 4.34 Å². The number of fused-ring (bicyclic) bond motifs is 1. The maximum absolute atomic E-state index is 5.95. The van der Waals surface area contributed by atoms with Crippen LogP contribution in [0.1, 0.15) is 4.88 Å². The first-order chi connectivity index (χ1) is 9.13. The Hall–Kier alpha value is -1.37. The fourth-order valence-electron chi connectivity index (χ4n) is 1.89. The second-order valence-corrected chi connectivity index (χ2v) is 6.80. The molecule has 0 aliphatic carbocycles. The molecule has 7 heteroatoms. The third-order valence-electron chi connectivity index (χ3n) is 2.71. The number of halogens is 1. The molecule has 0 radical (unpaired) electrons.